The van der Waals surface area contributed by atoms with Crippen molar-refractivity contribution in [2.24, 2.45) is 5.41 Å². The summed E-state index contributed by atoms with van der Waals surface area (Å²) in [7, 11) is 0. The second kappa shape index (κ2) is 12.9. The van der Waals surface area contributed by atoms with Gasteiger partial charge in [0.05, 0.1) is 35.6 Å². The Morgan fingerprint density at radius 2 is 1.91 bits per heavy atom. The second-order valence-corrected chi connectivity index (χ2v) is 12.9. The van der Waals surface area contributed by atoms with E-state index in [1.165, 1.54) is 12.4 Å². The van der Waals surface area contributed by atoms with Crippen molar-refractivity contribution < 1.29 is 14.2 Å². The number of aryl methyl sites for hydroxylation is 1. The van der Waals surface area contributed by atoms with Gasteiger partial charge < -0.3 is 9.84 Å². The number of fused-ring (bicyclic) bond motifs is 1. The molecule has 0 amide bonds. The molecule has 0 bridgehead atoms. The van der Waals surface area contributed by atoms with Gasteiger partial charge in [0, 0.05) is 23.4 Å². The lowest BCUT2D eigenvalue weighted by molar-refractivity contribution is -0.158. The van der Waals surface area contributed by atoms with Crippen LogP contribution in [0.2, 0.25) is 0 Å². The van der Waals surface area contributed by atoms with Crippen LogP contribution in [-0.4, -0.2) is 42.6 Å². The summed E-state index contributed by atoms with van der Waals surface area (Å²) in [6, 6.07) is 14.2. The number of rotatable bonds is 10. The van der Waals surface area contributed by atoms with Gasteiger partial charge in [-0.05, 0) is 87.6 Å². The molecule has 2 aromatic carbocycles. The highest BCUT2D eigenvalue weighted by Crippen LogP contribution is 2.48. The topological polar surface area (TPSA) is 105 Å². The number of aliphatic hydroxyl groups excluding tert-OH is 1. The Morgan fingerprint density at radius 1 is 1.16 bits per heavy atom. The summed E-state index contributed by atoms with van der Waals surface area (Å²) < 4.78 is 25.7. The average Bonchev–Trinajstić information content (AvgIpc) is 3.49. The highest BCUT2D eigenvalue weighted by Gasteiger charge is 2.47. The van der Waals surface area contributed by atoms with Crippen molar-refractivity contribution >= 4 is 5.78 Å². The third-order valence-corrected chi connectivity index (χ3v) is 10.4. The van der Waals surface area contributed by atoms with Crippen molar-refractivity contribution in [3.63, 3.8) is 0 Å². The van der Waals surface area contributed by atoms with Crippen molar-refractivity contribution in [2.45, 2.75) is 109 Å². The molecule has 2 saturated carbocycles. The largest absolute Gasteiger partial charge is 0.393 e. The molecule has 4 aromatic rings. The molecule has 6 rings (SSSR count). The number of nitriles is 1. The van der Waals surface area contributed by atoms with Gasteiger partial charge in [-0.1, -0.05) is 50.1 Å². The summed E-state index contributed by atoms with van der Waals surface area (Å²) in [5.41, 5.74) is 3.20. The normalized spacial score (nSPS) is 20.8. The standard InChI is InChI=1S/C36H42FN5O3/c1-4-8-33-31(19-26-12-11-25(20-32(26)37)30-10-6-5-9-27(30)21-38)34(44)41(35-39-22-40-42(33)35)28-13-15-29(16-14-28)45-24(3)36(23(2)43)17-7-18-36/h5-6,9-12,20,22-24,28-29,43H,4,7-8,13-19H2,1-3H3. The molecular weight excluding hydrogens is 569 g/mol. The smallest absolute Gasteiger partial charge is 0.259 e. The summed E-state index contributed by atoms with van der Waals surface area (Å²) in [4.78, 5) is 18.9. The average molecular weight is 612 g/mol. The third-order valence-electron chi connectivity index (χ3n) is 10.4. The summed E-state index contributed by atoms with van der Waals surface area (Å²) in [5, 5.41) is 24.5. The van der Waals surface area contributed by atoms with Gasteiger partial charge >= 0.3 is 0 Å². The van der Waals surface area contributed by atoms with Crippen molar-refractivity contribution in [1.29, 1.82) is 5.26 Å². The van der Waals surface area contributed by atoms with Crippen LogP contribution in [0.25, 0.3) is 16.9 Å². The summed E-state index contributed by atoms with van der Waals surface area (Å²) in [6.45, 7) is 6.02. The quantitative estimate of drug-likeness (QED) is 0.218. The minimum Gasteiger partial charge on any atom is -0.393 e. The number of aromatic nitrogens is 4. The van der Waals surface area contributed by atoms with E-state index in [9.17, 15) is 15.2 Å². The van der Waals surface area contributed by atoms with Gasteiger partial charge in [-0.15, -0.1) is 0 Å². The van der Waals surface area contributed by atoms with Gasteiger partial charge in [0.1, 0.15) is 12.1 Å². The predicted octanol–water partition coefficient (Wildman–Crippen LogP) is 6.55. The van der Waals surface area contributed by atoms with Crippen molar-refractivity contribution in [3.8, 4) is 17.2 Å². The molecule has 9 heteroatoms. The van der Waals surface area contributed by atoms with Crippen molar-refractivity contribution in [1.82, 2.24) is 19.2 Å². The first kappa shape index (κ1) is 31.1. The Labute approximate surface area is 263 Å². The number of aliphatic hydroxyl groups is 1. The molecule has 236 valence electrons. The van der Waals surface area contributed by atoms with E-state index in [4.69, 9.17) is 4.74 Å². The summed E-state index contributed by atoms with van der Waals surface area (Å²) >= 11 is 0. The molecule has 2 unspecified atom stereocenters. The minimum atomic E-state index is -0.416. The molecule has 1 N–H and O–H groups in total. The van der Waals surface area contributed by atoms with Gasteiger partial charge in [0.2, 0.25) is 5.78 Å². The molecule has 2 aliphatic carbocycles. The first-order valence-electron chi connectivity index (χ1n) is 16.3. The number of ether oxygens (including phenoxy) is 1. The lowest BCUT2D eigenvalue weighted by Crippen LogP contribution is -2.50. The molecular formula is C36H42FN5O3. The van der Waals surface area contributed by atoms with Crippen LogP contribution in [0.15, 0.2) is 53.6 Å². The number of benzene rings is 2. The highest BCUT2D eigenvalue weighted by atomic mass is 19.1. The molecule has 2 aromatic heterocycles. The first-order valence-corrected chi connectivity index (χ1v) is 16.3. The molecule has 2 heterocycles. The van der Waals surface area contributed by atoms with Gasteiger partial charge in [-0.3, -0.25) is 9.36 Å². The molecule has 8 nitrogen and oxygen atoms in total. The van der Waals surface area contributed by atoms with Crippen LogP contribution in [-0.2, 0) is 17.6 Å². The molecule has 0 radical (unpaired) electrons. The highest BCUT2D eigenvalue weighted by molar-refractivity contribution is 5.70. The maximum absolute atomic E-state index is 15.7. The Morgan fingerprint density at radius 3 is 2.56 bits per heavy atom. The Hall–Kier alpha value is -3.87. The zero-order chi connectivity index (χ0) is 31.7. The number of hydrogen-bond donors (Lipinski definition) is 1. The van der Waals surface area contributed by atoms with Crippen LogP contribution in [0.3, 0.4) is 0 Å². The van der Waals surface area contributed by atoms with Crippen molar-refractivity contribution in [3.05, 3.63) is 87.3 Å². The van der Waals surface area contributed by atoms with E-state index in [0.717, 1.165) is 57.1 Å². The zero-order valence-corrected chi connectivity index (χ0v) is 26.4. The van der Waals surface area contributed by atoms with Crippen LogP contribution >= 0.6 is 0 Å². The van der Waals surface area contributed by atoms with Gasteiger partial charge in [0.25, 0.3) is 5.56 Å². The van der Waals surface area contributed by atoms with E-state index >= 15 is 4.39 Å². The van der Waals surface area contributed by atoms with E-state index in [1.54, 1.807) is 27.3 Å². The monoisotopic (exact) mass is 611 g/mol. The lowest BCUT2D eigenvalue weighted by Gasteiger charge is -2.49. The number of halogens is 1. The third kappa shape index (κ3) is 5.70. The van der Waals surface area contributed by atoms with E-state index < -0.39 is 11.9 Å². The first-order chi connectivity index (χ1) is 21.8. The molecule has 0 spiro atoms. The summed E-state index contributed by atoms with van der Waals surface area (Å²) in [5.74, 6) is 0.108. The van der Waals surface area contributed by atoms with Crippen LogP contribution in [0.1, 0.15) is 101 Å². The van der Waals surface area contributed by atoms with Crippen molar-refractivity contribution in [2.75, 3.05) is 0 Å². The summed E-state index contributed by atoms with van der Waals surface area (Å²) in [6.07, 6.45) is 8.94. The minimum absolute atomic E-state index is 0.0201. The van der Waals surface area contributed by atoms with Gasteiger partial charge in [-0.25, -0.2) is 8.91 Å². The van der Waals surface area contributed by atoms with E-state index in [1.807, 2.05) is 32.0 Å². The molecule has 0 saturated heterocycles. The second-order valence-electron chi connectivity index (χ2n) is 12.9. The van der Waals surface area contributed by atoms with Gasteiger partial charge in [-0.2, -0.15) is 15.3 Å². The Bertz CT molecular complexity index is 1780. The molecule has 2 fully saturated rings. The van der Waals surface area contributed by atoms with Crippen LogP contribution < -0.4 is 5.56 Å². The fraction of sp³-hybridized carbons (Fsp3) is 0.500. The lowest BCUT2D eigenvalue weighted by atomic mass is 9.62. The maximum Gasteiger partial charge on any atom is 0.259 e. The van der Waals surface area contributed by atoms with E-state index in [0.29, 0.717) is 40.0 Å². The number of nitrogens with zero attached hydrogens (tertiary/aromatic N) is 5. The fourth-order valence-corrected chi connectivity index (χ4v) is 7.57. The van der Waals surface area contributed by atoms with Crippen LogP contribution in [0.4, 0.5) is 4.39 Å². The molecule has 0 aliphatic heterocycles. The zero-order valence-electron chi connectivity index (χ0n) is 26.4. The Balaban J connectivity index is 1.28. The molecule has 2 atom stereocenters. The van der Waals surface area contributed by atoms with Crippen LogP contribution in [0, 0.1) is 22.6 Å². The SMILES string of the molecule is CCCc1c(Cc2ccc(-c3ccccc3C#N)cc2F)c(=O)n(C2CCC(OC(C)C3(C(C)O)CCC3)CC2)c2ncnn12. The maximum atomic E-state index is 15.7. The van der Waals surface area contributed by atoms with Crippen LogP contribution in [0.5, 0.6) is 0 Å². The number of hydrogen-bond acceptors (Lipinski definition) is 6. The van der Waals surface area contributed by atoms with E-state index in [-0.39, 0.29) is 35.6 Å². The van der Waals surface area contributed by atoms with E-state index in [2.05, 4.69) is 23.1 Å². The van der Waals surface area contributed by atoms with Gasteiger partial charge in [0.15, 0.2) is 0 Å². The fourth-order valence-electron chi connectivity index (χ4n) is 7.57. The molecule has 45 heavy (non-hydrogen) atoms. The molecule has 2 aliphatic rings. The Kier molecular flexibility index (Phi) is 8.89. The predicted molar refractivity (Wildman–Crippen MR) is 170 cm³/mol.